The van der Waals surface area contributed by atoms with E-state index in [2.05, 4.69) is 10.6 Å². The number of benzene rings is 2. The van der Waals surface area contributed by atoms with Gasteiger partial charge in [0.25, 0.3) is 5.91 Å². The van der Waals surface area contributed by atoms with Gasteiger partial charge in [-0.25, -0.2) is 4.39 Å². The number of rotatable bonds is 6. The number of carbonyl (C=O) groups is 2. The van der Waals surface area contributed by atoms with Gasteiger partial charge in [-0.2, -0.15) is 0 Å². The fourth-order valence-electron chi connectivity index (χ4n) is 3.76. The molecule has 0 aliphatic carbocycles. The van der Waals surface area contributed by atoms with Crippen molar-refractivity contribution in [1.29, 1.82) is 0 Å². The Labute approximate surface area is 180 Å². The first-order valence-electron chi connectivity index (χ1n) is 10.3. The lowest BCUT2D eigenvalue weighted by atomic mass is 10.00. The van der Waals surface area contributed by atoms with Gasteiger partial charge < -0.3 is 14.6 Å². The van der Waals surface area contributed by atoms with Crippen LogP contribution in [0.25, 0.3) is 0 Å². The summed E-state index contributed by atoms with van der Waals surface area (Å²) in [6.07, 6.45) is 2.94. The molecule has 0 unspecified atom stereocenters. The minimum atomic E-state index is -0.566. The highest BCUT2D eigenvalue weighted by Gasteiger charge is 2.29. The van der Waals surface area contributed by atoms with E-state index in [9.17, 15) is 14.0 Å². The molecular weight excluding hydrogens is 397 g/mol. The molecule has 0 radical (unpaired) electrons. The van der Waals surface area contributed by atoms with Crippen molar-refractivity contribution < 1.29 is 18.4 Å². The van der Waals surface area contributed by atoms with E-state index in [0.29, 0.717) is 24.5 Å². The quantitative estimate of drug-likeness (QED) is 0.631. The Balaban J connectivity index is 1.41. The Hall–Kier alpha value is -3.45. The number of nitrogens with zero attached hydrogens (tertiary/aromatic N) is 1. The smallest absolute Gasteiger partial charge is 0.289 e. The average molecular weight is 421 g/mol. The molecule has 2 aromatic carbocycles. The standard InChI is InChI=1S/C24H24FN3O3/c25-18-8-10-19(11-9-18)27-23(29)22(17-5-2-1-3-6-17)26-20-12-14-28(15-13-20)24(30)21-7-4-16-31-21/h1-11,16,20,22,26H,12-15H2,(H,27,29)/t22-/m0/s1. The molecule has 1 atom stereocenters. The molecule has 0 bridgehead atoms. The SMILES string of the molecule is O=C(Nc1ccc(F)cc1)[C@@H](NC1CCN(C(=O)c2ccco2)CC1)c1ccccc1. The third-order valence-corrected chi connectivity index (χ3v) is 5.42. The van der Waals surface area contributed by atoms with Crippen LogP contribution in [0.3, 0.4) is 0 Å². The number of anilines is 1. The zero-order valence-electron chi connectivity index (χ0n) is 17.0. The van der Waals surface area contributed by atoms with Gasteiger partial charge in [-0.1, -0.05) is 30.3 Å². The molecule has 0 spiro atoms. The third kappa shape index (κ3) is 5.19. The zero-order chi connectivity index (χ0) is 21.6. The molecule has 1 aliphatic rings. The van der Waals surface area contributed by atoms with Crippen LogP contribution < -0.4 is 10.6 Å². The third-order valence-electron chi connectivity index (χ3n) is 5.42. The van der Waals surface area contributed by atoms with Crippen molar-refractivity contribution in [2.75, 3.05) is 18.4 Å². The number of carbonyl (C=O) groups excluding carboxylic acids is 2. The minimum Gasteiger partial charge on any atom is -0.459 e. The van der Waals surface area contributed by atoms with Gasteiger partial charge in [-0.15, -0.1) is 0 Å². The molecule has 1 fully saturated rings. The number of hydrogen-bond donors (Lipinski definition) is 2. The van der Waals surface area contributed by atoms with E-state index in [4.69, 9.17) is 4.42 Å². The van der Waals surface area contributed by atoms with Crippen LogP contribution in [0.5, 0.6) is 0 Å². The first-order valence-corrected chi connectivity index (χ1v) is 10.3. The number of amides is 2. The molecule has 3 aromatic rings. The van der Waals surface area contributed by atoms with Gasteiger partial charge in [0.2, 0.25) is 5.91 Å². The summed E-state index contributed by atoms with van der Waals surface area (Å²) in [6.45, 7) is 1.16. The highest BCUT2D eigenvalue weighted by molar-refractivity contribution is 5.95. The predicted octanol–water partition coefficient (Wildman–Crippen LogP) is 3.99. The minimum absolute atomic E-state index is 0.0739. The van der Waals surface area contributed by atoms with Gasteiger partial charge in [0, 0.05) is 24.8 Å². The summed E-state index contributed by atoms with van der Waals surface area (Å²) < 4.78 is 18.4. The van der Waals surface area contributed by atoms with Gasteiger partial charge >= 0.3 is 0 Å². The number of halogens is 1. The topological polar surface area (TPSA) is 74.6 Å². The fraction of sp³-hybridized carbons (Fsp3) is 0.250. The molecule has 0 saturated carbocycles. The van der Waals surface area contributed by atoms with Gasteiger partial charge in [-0.3, -0.25) is 14.9 Å². The highest BCUT2D eigenvalue weighted by Crippen LogP contribution is 2.21. The van der Waals surface area contributed by atoms with Crippen molar-refractivity contribution in [3.8, 4) is 0 Å². The first kappa shape index (κ1) is 20.8. The Morgan fingerprint density at radius 2 is 1.68 bits per heavy atom. The van der Waals surface area contributed by atoms with Gasteiger partial charge in [0.15, 0.2) is 5.76 Å². The molecule has 1 aromatic heterocycles. The molecule has 1 saturated heterocycles. The Bertz CT molecular complexity index is 998. The summed E-state index contributed by atoms with van der Waals surface area (Å²) in [4.78, 5) is 27.3. The second-order valence-electron chi connectivity index (χ2n) is 7.55. The number of furan rings is 1. The highest BCUT2D eigenvalue weighted by atomic mass is 19.1. The molecule has 2 amide bonds. The Morgan fingerprint density at radius 3 is 2.32 bits per heavy atom. The van der Waals surface area contributed by atoms with E-state index in [-0.39, 0.29) is 23.7 Å². The van der Waals surface area contributed by atoms with E-state index in [0.717, 1.165) is 18.4 Å². The number of hydrogen-bond acceptors (Lipinski definition) is 4. The molecule has 7 heteroatoms. The summed E-state index contributed by atoms with van der Waals surface area (Å²) in [7, 11) is 0. The summed E-state index contributed by atoms with van der Waals surface area (Å²) >= 11 is 0. The predicted molar refractivity (Wildman–Crippen MR) is 115 cm³/mol. The maximum absolute atomic E-state index is 13.2. The lowest BCUT2D eigenvalue weighted by molar-refractivity contribution is -0.118. The molecule has 2 N–H and O–H groups in total. The van der Waals surface area contributed by atoms with Crippen LogP contribution in [0.15, 0.2) is 77.4 Å². The van der Waals surface area contributed by atoms with Gasteiger partial charge in [-0.05, 0) is 54.8 Å². The molecule has 1 aliphatic heterocycles. The molecule has 31 heavy (non-hydrogen) atoms. The number of nitrogens with one attached hydrogen (secondary N) is 2. The Morgan fingerprint density at radius 1 is 0.968 bits per heavy atom. The second-order valence-corrected chi connectivity index (χ2v) is 7.55. The lowest BCUT2D eigenvalue weighted by Gasteiger charge is -2.34. The van der Waals surface area contributed by atoms with E-state index in [1.165, 1.54) is 30.5 Å². The Kier molecular flexibility index (Phi) is 6.43. The van der Waals surface area contributed by atoms with Crippen LogP contribution in [-0.4, -0.2) is 35.8 Å². The molecular formula is C24H24FN3O3. The summed E-state index contributed by atoms with van der Waals surface area (Å²) in [6, 6.07) is 18.0. The van der Waals surface area contributed by atoms with Crippen molar-refractivity contribution in [2.24, 2.45) is 0 Å². The van der Waals surface area contributed by atoms with Crippen molar-refractivity contribution in [3.05, 3.63) is 90.1 Å². The normalized spacial score (nSPS) is 15.5. The largest absolute Gasteiger partial charge is 0.459 e. The van der Waals surface area contributed by atoms with Crippen molar-refractivity contribution in [3.63, 3.8) is 0 Å². The van der Waals surface area contributed by atoms with Crippen LogP contribution in [0.1, 0.15) is 35.0 Å². The summed E-state index contributed by atoms with van der Waals surface area (Å²) in [5.74, 6) is -0.345. The van der Waals surface area contributed by atoms with E-state index >= 15 is 0 Å². The van der Waals surface area contributed by atoms with Crippen LogP contribution in [0.2, 0.25) is 0 Å². The van der Waals surface area contributed by atoms with Crippen LogP contribution in [0, 0.1) is 5.82 Å². The summed E-state index contributed by atoms with van der Waals surface area (Å²) in [5, 5.41) is 6.31. The maximum Gasteiger partial charge on any atom is 0.289 e. The van der Waals surface area contributed by atoms with Crippen molar-refractivity contribution in [1.82, 2.24) is 10.2 Å². The van der Waals surface area contributed by atoms with E-state index in [1.807, 2.05) is 30.3 Å². The maximum atomic E-state index is 13.2. The number of piperidine rings is 1. The van der Waals surface area contributed by atoms with Crippen molar-refractivity contribution in [2.45, 2.75) is 24.9 Å². The van der Waals surface area contributed by atoms with E-state index < -0.39 is 6.04 Å². The lowest BCUT2D eigenvalue weighted by Crippen LogP contribution is -2.47. The van der Waals surface area contributed by atoms with E-state index in [1.54, 1.807) is 17.0 Å². The first-order chi connectivity index (χ1) is 15.1. The zero-order valence-corrected chi connectivity index (χ0v) is 17.0. The van der Waals surface area contributed by atoms with Crippen LogP contribution >= 0.6 is 0 Å². The van der Waals surface area contributed by atoms with Crippen LogP contribution in [-0.2, 0) is 4.79 Å². The van der Waals surface area contributed by atoms with Gasteiger partial charge in [0.05, 0.1) is 6.26 Å². The summed E-state index contributed by atoms with van der Waals surface area (Å²) in [5.41, 5.74) is 1.38. The molecule has 6 nitrogen and oxygen atoms in total. The van der Waals surface area contributed by atoms with Crippen molar-refractivity contribution >= 4 is 17.5 Å². The average Bonchev–Trinajstić information content (AvgIpc) is 3.34. The van der Waals surface area contributed by atoms with Gasteiger partial charge in [0.1, 0.15) is 11.9 Å². The van der Waals surface area contributed by atoms with Crippen LogP contribution in [0.4, 0.5) is 10.1 Å². The fourth-order valence-corrected chi connectivity index (χ4v) is 3.76. The monoisotopic (exact) mass is 421 g/mol. The number of likely N-dealkylation sites (tertiary alicyclic amines) is 1. The molecule has 160 valence electrons. The molecule has 4 rings (SSSR count). The molecule has 2 heterocycles. The second kappa shape index (κ2) is 9.57.